The number of likely N-dealkylation sites (tertiary alicyclic amines) is 1. The van der Waals surface area contributed by atoms with Crippen molar-refractivity contribution >= 4 is 28.6 Å². The van der Waals surface area contributed by atoms with Crippen LogP contribution in [0.15, 0.2) is 22.2 Å². The minimum Gasteiger partial charge on any atom is -0.480 e. The number of aromatic nitrogens is 1. The van der Waals surface area contributed by atoms with E-state index in [4.69, 9.17) is 0 Å². The molecule has 2 aromatic rings. The first-order valence-corrected chi connectivity index (χ1v) is 8.87. The van der Waals surface area contributed by atoms with Crippen molar-refractivity contribution in [3.8, 4) is 10.6 Å². The van der Waals surface area contributed by atoms with Gasteiger partial charge in [-0.25, -0.2) is 4.98 Å². The van der Waals surface area contributed by atoms with Crippen LogP contribution in [0, 0.1) is 0 Å². The summed E-state index contributed by atoms with van der Waals surface area (Å²) in [4.78, 5) is 18.3. The predicted molar refractivity (Wildman–Crippen MR) is 85.7 cm³/mol. The molecule has 3 rings (SSSR count). The molecule has 4 nitrogen and oxygen atoms in total. The van der Waals surface area contributed by atoms with Gasteiger partial charge < -0.3 is 5.11 Å². The summed E-state index contributed by atoms with van der Waals surface area (Å²) in [6.07, 6.45) is 2.75. The van der Waals surface area contributed by atoms with Gasteiger partial charge in [-0.15, -0.1) is 11.3 Å². The molecule has 21 heavy (non-hydrogen) atoms. The van der Waals surface area contributed by atoms with Gasteiger partial charge in [0.05, 0.1) is 5.69 Å². The minimum absolute atomic E-state index is 0.615. The van der Waals surface area contributed by atoms with Gasteiger partial charge in [0.25, 0.3) is 0 Å². The molecule has 1 atom stereocenters. The molecule has 1 aliphatic rings. The van der Waals surface area contributed by atoms with Crippen LogP contribution in [0.25, 0.3) is 10.6 Å². The van der Waals surface area contributed by atoms with E-state index < -0.39 is 11.5 Å². The van der Waals surface area contributed by atoms with Crippen LogP contribution in [0.1, 0.15) is 31.9 Å². The molecule has 1 unspecified atom stereocenters. The maximum Gasteiger partial charge on any atom is 0.323 e. The number of thiazole rings is 1. The second kappa shape index (κ2) is 5.87. The summed E-state index contributed by atoms with van der Waals surface area (Å²) in [6.45, 7) is 3.28. The SMILES string of the molecule is CC1(C(=O)O)CCCCN1Cc1csc(-c2ccsc2)n1. The van der Waals surface area contributed by atoms with E-state index in [0.29, 0.717) is 13.0 Å². The van der Waals surface area contributed by atoms with Crippen LogP contribution in [0.3, 0.4) is 0 Å². The van der Waals surface area contributed by atoms with E-state index in [-0.39, 0.29) is 0 Å². The number of nitrogens with zero attached hydrogens (tertiary/aromatic N) is 2. The van der Waals surface area contributed by atoms with E-state index in [1.54, 1.807) is 22.7 Å². The van der Waals surface area contributed by atoms with Crippen LogP contribution in [-0.4, -0.2) is 33.0 Å². The maximum absolute atomic E-state index is 11.6. The Hall–Kier alpha value is -1.24. The van der Waals surface area contributed by atoms with Gasteiger partial charge in [0, 0.05) is 22.9 Å². The second-order valence-corrected chi connectivity index (χ2v) is 7.25. The quantitative estimate of drug-likeness (QED) is 0.932. The monoisotopic (exact) mass is 322 g/mol. The van der Waals surface area contributed by atoms with Crippen molar-refractivity contribution in [1.29, 1.82) is 0 Å². The molecule has 0 bridgehead atoms. The van der Waals surface area contributed by atoms with Crippen molar-refractivity contribution < 1.29 is 9.90 Å². The summed E-state index contributed by atoms with van der Waals surface area (Å²) in [5.41, 5.74) is 1.36. The third-order valence-electron chi connectivity index (χ3n) is 4.17. The van der Waals surface area contributed by atoms with Crippen LogP contribution in [0.4, 0.5) is 0 Å². The first-order valence-electron chi connectivity index (χ1n) is 7.05. The van der Waals surface area contributed by atoms with Crippen molar-refractivity contribution in [2.75, 3.05) is 6.54 Å². The zero-order valence-electron chi connectivity index (χ0n) is 11.9. The van der Waals surface area contributed by atoms with E-state index in [1.165, 1.54) is 0 Å². The average molecular weight is 322 g/mol. The van der Waals surface area contributed by atoms with E-state index in [1.807, 2.05) is 17.7 Å². The maximum atomic E-state index is 11.6. The lowest BCUT2D eigenvalue weighted by Gasteiger charge is -2.41. The highest BCUT2D eigenvalue weighted by Crippen LogP contribution is 2.31. The van der Waals surface area contributed by atoms with E-state index in [9.17, 15) is 9.90 Å². The van der Waals surface area contributed by atoms with E-state index in [2.05, 4.69) is 21.3 Å². The summed E-state index contributed by atoms with van der Waals surface area (Å²) < 4.78 is 0. The number of piperidine rings is 1. The Labute approximate surface area is 132 Å². The Morgan fingerprint density at radius 1 is 1.48 bits per heavy atom. The van der Waals surface area contributed by atoms with Crippen molar-refractivity contribution in [2.24, 2.45) is 0 Å². The molecule has 0 radical (unpaired) electrons. The highest BCUT2D eigenvalue weighted by molar-refractivity contribution is 7.14. The van der Waals surface area contributed by atoms with Crippen LogP contribution >= 0.6 is 22.7 Å². The Morgan fingerprint density at radius 3 is 3.05 bits per heavy atom. The lowest BCUT2D eigenvalue weighted by Crippen LogP contribution is -2.54. The highest BCUT2D eigenvalue weighted by Gasteiger charge is 2.41. The molecular formula is C15H18N2O2S2. The number of aliphatic carboxylic acids is 1. The van der Waals surface area contributed by atoms with Crippen LogP contribution in [0.2, 0.25) is 0 Å². The standard InChI is InChI=1S/C15H18N2O2S2/c1-15(14(18)19)5-2-3-6-17(15)8-12-10-21-13(16-12)11-4-7-20-9-11/h4,7,9-10H,2-3,5-6,8H2,1H3,(H,18,19). The van der Waals surface area contributed by atoms with Gasteiger partial charge >= 0.3 is 5.97 Å². The van der Waals surface area contributed by atoms with Crippen molar-refractivity contribution in [3.63, 3.8) is 0 Å². The number of carboxylic acid groups (broad SMARTS) is 1. The number of carboxylic acids is 1. The third-order valence-corrected chi connectivity index (χ3v) is 5.80. The molecule has 0 spiro atoms. The summed E-state index contributed by atoms with van der Waals surface area (Å²) >= 11 is 3.29. The number of hydrogen-bond acceptors (Lipinski definition) is 5. The Morgan fingerprint density at radius 2 is 2.33 bits per heavy atom. The van der Waals surface area contributed by atoms with Gasteiger partial charge in [-0.3, -0.25) is 9.69 Å². The Kier molecular flexibility index (Phi) is 4.10. The van der Waals surface area contributed by atoms with E-state index >= 15 is 0 Å². The molecule has 1 fully saturated rings. The Bertz CT molecular complexity index is 623. The summed E-state index contributed by atoms with van der Waals surface area (Å²) in [5, 5.41) is 16.7. The molecule has 1 saturated heterocycles. The second-order valence-electron chi connectivity index (χ2n) is 5.61. The predicted octanol–water partition coefficient (Wildman–Crippen LogP) is 3.70. The number of carbonyl (C=O) groups is 1. The molecule has 0 aliphatic carbocycles. The van der Waals surface area contributed by atoms with Gasteiger partial charge in [-0.2, -0.15) is 11.3 Å². The molecule has 6 heteroatoms. The molecule has 112 valence electrons. The van der Waals surface area contributed by atoms with Crippen LogP contribution < -0.4 is 0 Å². The van der Waals surface area contributed by atoms with E-state index in [0.717, 1.165) is 35.7 Å². The Balaban J connectivity index is 1.78. The van der Waals surface area contributed by atoms with Gasteiger partial charge in [0.15, 0.2) is 0 Å². The first kappa shape index (κ1) is 14.7. The number of hydrogen-bond donors (Lipinski definition) is 1. The molecule has 3 heterocycles. The number of thiophene rings is 1. The van der Waals surface area contributed by atoms with Crippen LogP contribution in [0.5, 0.6) is 0 Å². The van der Waals surface area contributed by atoms with Gasteiger partial charge in [0.2, 0.25) is 0 Å². The molecule has 0 saturated carbocycles. The van der Waals surface area contributed by atoms with Crippen LogP contribution in [-0.2, 0) is 11.3 Å². The zero-order valence-corrected chi connectivity index (χ0v) is 13.5. The molecule has 2 aromatic heterocycles. The molecule has 1 aliphatic heterocycles. The van der Waals surface area contributed by atoms with Crippen molar-refractivity contribution in [1.82, 2.24) is 9.88 Å². The van der Waals surface area contributed by atoms with Gasteiger partial charge in [-0.05, 0) is 44.2 Å². The average Bonchev–Trinajstić information content (AvgIpc) is 3.12. The fourth-order valence-electron chi connectivity index (χ4n) is 2.77. The summed E-state index contributed by atoms with van der Waals surface area (Å²) in [7, 11) is 0. The lowest BCUT2D eigenvalue weighted by atomic mass is 9.88. The summed E-state index contributed by atoms with van der Waals surface area (Å²) in [5.74, 6) is -0.726. The fraction of sp³-hybridized carbons (Fsp3) is 0.467. The minimum atomic E-state index is -0.760. The van der Waals surface area contributed by atoms with Crippen molar-refractivity contribution in [3.05, 3.63) is 27.9 Å². The summed E-state index contributed by atoms with van der Waals surface area (Å²) in [6, 6.07) is 2.07. The van der Waals surface area contributed by atoms with Crippen molar-refractivity contribution in [2.45, 2.75) is 38.3 Å². The largest absolute Gasteiger partial charge is 0.480 e. The molecule has 0 amide bonds. The normalized spacial score (nSPS) is 23.3. The smallest absolute Gasteiger partial charge is 0.323 e. The van der Waals surface area contributed by atoms with Gasteiger partial charge in [0.1, 0.15) is 10.5 Å². The molecule has 1 N–H and O–H groups in total. The fourth-order valence-corrected chi connectivity index (χ4v) is 4.29. The first-order chi connectivity index (χ1) is 10.1. The lowest BCUT2D eigenvalue weighted by molar-refractivity contribution is -0.153. The topological polar surface area (TPSA) is 53.4 Å². The highest BCUT2D eigenvalue weighted by atomic mass is 32.1. The molecular weight excluding hydrogens is 304 g/mol. The zero-order chi connectivity index (χ0) is 14.9. The molecule has 0 aromatic carbocycles. The third kappa shape index (κ3) is 2.88. The number of rotatable bonds is 4. The van der Waals surface area contributed by atoms with Gasteiger partial charge in [-0.1, -0.05) is 0 Å².